The lowest BCUT2D eigenvalue weighted by Crippen LogP contribution is -2.19. The number of nitrogens with zero attached hydrogens (tertiary/aromatic N) is 4. The van der Waals surface area contributed by atoms with E-state index in [1.165, 1.54) is 0 Å². The molecule has 0 saturated carbocycles. The van der Waals surface area contributed by atoms with Gasteiger partial charge in [-0.2, -0.15) is 5.26 Å². The number of halogens is 1. The fraction of sp³-hybridized carbons (Fsp3) is 0.154. The lowest BCUT2D eigenvalue weighted by atomic mass is 10.2. The minimum atomic E-state index is 0.333. The van der Waals surface area contributed by atoms with Crippen molar-refractivity contribution in [1.82, 2.24) is 9.97 Å². The van der Waals surface area contributed by atoms with Crippen LogP contribution < -0.4 is 4.90 Å². The summed E-state index contributed by atoms with van der Waals surface area (Å²) in [5.74, 6) is 0.570. The Morgan fingerprint density at radius 3 is 2.56 bits per heavy atom. The molecule has 0 aliphatic rings. The molecule has 0 atom stereocenters. The van der Waals surface area contributed by atoms with Gasteiger partial charge < -0.3 is 4.90 Å². The maximum absolute atomic E-state index is 8.73. The molecule has 2 rings (SSSR count). The van der Waals surface area contributed by atoms with Crippen LogP contribution in [0.1, 0.15) is 6.42 Å². The van der Waals surface area contributed by atoms with Crippen molar-refractivity contribution < 1.29 is 0 Å². The molecule has 0 spiro atoms. The number of rotatable bonds is 4. The maximum Gasteiger partial charge on any atom is 0.172 e. The highest BCUT2D eigenvalue weighted by Crippen LogP contribution is 2.27. The van der Waals surface area contributed by atoms with Crippen molar-refractivity contribution in [3.8, 4) is 6.07 Å². The molecule has 0 N–H and O–H groups in total. The Labute approximate surface area is 110 Å². The van der Waals surface area contributed by atoms with Crippen molar-refractivity contribution in [2.45, 2.75) is 6.42 Å². The lowest BCUT2D eigenvalue weighted by molar-refractivity contribution is 0.919. The molecular weight excluding hydrogens is 248 g/mol. The van der Waals surface area contributed by atoms with Crippen molar-refractivity contribution in [2.75, 3.05) is 11.4 Å². The van der Waals surface area contributed by atoms with Crippen LogP contribution in [0.25, 0.3) is 0 Å². The molecular formula is C13H11ClN4. The lowest BCUT2D eigenvalue weighted by Gasteiger charge is -2.22. The fourth-order valence-electron chi connectivity index (χ4n) is 1.62. The molecule has 0 bridgehead atoms. The second-order valence-electron chi connectivity index (χ2n) is 3.57. The average molecular weight is 259 g/mol. The largest absolute Gasteiger partial charge is 0.323 e. The van der Waals surface area contributed by atoms with E-state index < -0.39 is 0 Å². The topological polar surface area (TPSA) is 52.8 Å². The van der Waals surface area contributed by atoms with E-state index in [-0.39, 0.29) is 0 Å². The molecule has 1 heterocycles. The molecule has 0 amide bonds. The van der Waals surface area contributed by atoms with Crippen LogP contribution in [0.15, 0.2) is 42.7 Å². The smallest absolute Gasteiger partial charge is 0.172 e. The Morgan fingerprint density at radius 2 is 1.89 bits per heavy atom. The third-order valence-electron chi connectivity index (χ3n) is 2.41. The Hall–Kier alpha value is -2.12. The predicted molar refractivity (Wildman–Crippen MR) is 70.7 cm³/mol. The van der Waals surface area contributed by atoms with Crippen molar-refractivity contribution in [3.05, 3.63) is 47.9 Å². The van der Waals surface area contributed by atoms with Crippen LogP contribution >= 0.6 is 11.6 Å². The standard InChI is InChI=1S/C13H11ClN4/c14-12-13(17-9-8-16-12)18(10-4-7-15)11-5-2-1-3-6-11/h1-3,5-6,8-9H,4,10H2. The summed E-state index contributed by atoms with van der Waals surface area (Å²) >= 11 is 6.05. The average Bonchev–Trinajstić information content (AvgIpc) is 2.42. The van der Waals surface area contributed by atoms with Gasteiger partial charge in [0.15, 0.2) is 11.0 Å². The number of aromatic nitrogens is 2. The van der Waals surface area contributed by atoms with Crippen LogP contribution in [0.3, 0.4) is 0 Å². The van der Waals surface area contributed by atoms with Gasteiger partial charge in [0.05, 0.1) is 12.5 Å². The first-order valence-corrected chi connectivity index (χ1v) is 5.87. The number of benzene rings is 1. The summed E-state index contributed by atoms with van der Waals surface area (Å²) in [5.41, 5.74) is 0.940. The van der Waals surface area contributed by atoms with Gasteiger partial charge >= 0.3 is 0 Å². The van der Waals surface area contributed by atoms with Crippen molar-refractivity contribution in [1.29, 1.82) is 5.26 Å². The van der Waals surface area contributed by atoms with Gasteiger partial charge in [0, 0.05) is 24.6 Å². The zero-order valence-corrected chi connectivity index (χ0v) is 10.4. The number of hydrogen-bond acceptors (Lipinski definition) is 4. The van der Waals surface area contributed by atoms with Crippen LogP contribution in [0.2, 0.25) is 5.15 Å². The molecule has 0 saturated heterocycles. The van der Waals surface area contributed by atoms with Gasteiger partial charge in [0.1, 0.15) is 0 Å². The zero-order chi connectivity index (χ0) is 12.8. The summed E-state index contributed by atoms with van der Waals surface area (Å²) in [4.78, 5) is 10.1. The monoisotopic (exact) mass is 258 g/mol. The van der Waals surface area contributed by atoms with Gasteiger partial charge in [-0.1, -0.05) is 29.8 Å². The van der Waals surface area contributed by atoms with Crippen LogP contribution in [0.4, 0.5) is 11.5 Å². The minimum Gasteiger partial charge on any atom is -0.323 e. The van der Waals surface area contributed by atoms with Gasteiger partial charge in [-0.15, -0.1) is 0 Å². The van der Waals surface area contributed by atoms with E-state index >= 15 is 0 Å². The summed E-state index contributed by atoms with van der Waals surface area (Å²) in [6.07, 6.45) is 3.52. The summed E-state index contributed by atoms with van der Waals surface area (Å²) in [5, 5.41) is 9.07. The highest BCUT2D eigenvalue weighted by atomic mass is 35.5. The van der Waals surface area contributed by atoms with Gasteiger partial charge in [-0.3, -0.25) is 0 Å². The Balaban J connectivity index is 2.38. The Morgan fingerprint density at radius 1 is 1.17 bits per heavy atom. The van der Waals surface area contributed by atoms with Crippen molar-refractivity contribution >= 4 is 23.1 Å². The van der Waals surface area contributed by atoms with Crippen LogP contribution in [-0.4, -0.2) is 16.5 Å². The Kier molecular flexibility index (Phi) is 4.11. The molecule has 2 aromatic rings. The molecule has 4 nitrogen and oxygen atoms in total. The van der Waals surface area contributed by atoms with Gasteiger partial charge in [-0.05, 0) is 12.1 Å². The Bertz CT molecular complexity index is 550. The second-order valence-corrected chi connectivity index (χ2v) is 3.92. The number of nitriles is 1. The first kappa shape index (κ1) is 12.3. The van der Waals surface area contributed by atoms with E-state index in [0.717, 1.165) is 5.69 Å². The molecule has 0 fully saturated rings. The highest BCUT2D eigenvalue weighted by molar-refractivity contribution is 6.31. The normalized spacial score (nSPS) is 9.78. The first-order chi connectivity index (χ1) is 8.83. The van der Waals surface area contributed by atoms with Gasteiger partial charge in [-0.25, -0.2) is 9.97 Å². The molecule has 1 aromatic carbocycles. The molecule has 90 valence electrons. The van der Waals surface area contributed by atoms with E-state index in [1.54, 1.807) is 12.4 Å². The predicted octanol–water partition coefficient (Wildman–Crippen LogP) is 3.18. The molecule has 18 heavy (non-hydrogen) atoms. The maximum atomic E-state index is 8.73. The number of anilines is 2. The van der Waals surface area contributed by atoms with E-state index in [9.17, 15) is 0 Å². The van der Waals surface area contributed by atoms with Crippen molar-refractivity contribution in [3.63, 3.8) is 0 Å². The molecule has 0 radical (unpaired) electrons. The fourth-order valence-corrected chi connectivity index (χ4v) is 1.83. The summed E-state index contributed by atoms with van der Waals surface area (Å²) in [7, 11) is 0. The first-order valence-electron chi connectivity index (χ1n) is 5.49. The second kappa shape index (κ2) is 5.99. The summed E-state index contributed by atoms with van der Waals surface area (Å²) in [6, 6.07) is 11.8. The van der Waals surface area contributed by atoms with Crippen molar-refractivity contribution in [2.24, 2.45) is 0 Å². The molecule has 0 aliphatic heterocycles. The number of hydrogen-bond donors (Lipinski definition) is 0. The van der Waals surface area contributed by atoms with E-state index in [0.29, 0.717) is 23.9 Å². The molecule has 5 heteroatoms. The summed E-state index contributed by atoms with van der Waals surface area (Å²) in [6.45, 7) is 0.527. The van der Waals surface area contributed by atoms with Gasteiger partial charge in [0.25, 0.3) is 0 Å². The molecule has 0 aliphatic carbocycles. The van der Waals surface area contributed by atoms with E-state index in [1.807, 2.05) is 35.2 Å². The van der Waals surface area contributed by atoms with Crippen LogP contribution in [0.5, 0.6) is 0 Å². The minimum absolute atomic E-state index is 0.333. The van der Waals surface area contributed by atoms with Gasteiger partial charge in [0.2, 0.25) is 0 Å². The van der Waals surface area contributed by atoms with Crippen LogP contribution in [0, 0.1) is 11.3 Å². The number of para-hydroxylation sites is 1. The van der Waals surface area contributed by atoms with E-state index in [2.05, 4.69) is 16.0 Å². The third-order valence-corrected chi connectivity index (χ3v) is 2.67. The zero-order valence-electron chi connectivity index (χ0n) is 9.62. The summed E-state index contributed by atoms with van der Waals surface area (Å²) < 4.78 is 0. The highest BCUT2D eigenvalue weighted by Gasteiger charge is 2.13. The third kappa shape index (κ3) is 2.76. The van der Waals surface area contributed by atoms with Crippen LogP contribution in [-0.2, 0) is 0 Å². The quantitative estimate of drug-likeness (QED) is 0.845. The molecule has 1 aromatic heterocycles. The SMILES string of the molecule is N#CCCN(c1ccccc1)c1nccnc1Cl. The van der Waals surface area contributed by atoms with E-state index in [4.69, 9.17) is 16.9 Å². The molecule has 0 unspecified atom stereocenters.